The second-order valence-corrected chi connectivity index (χ2v) is 7.78. The van der Waals surface area contributed by atoms with Gasteiger partial charge in [0, 0.05) is 18.7 Å². The van der Waals surface area contributed by atoms with Crippen LogP contribution in [-0.2, 0) is 26.0 Å². The first-order chi connectivity index (χ1) is 12.8. The van der Waals surface area contributed by atoms with Crippen molar-refractivity contribution in [2.75, 3.05) is 11.4 Å². The molecular weight excluding hydrogens is 373 g/mol. The van der Waals surface area contributed by atoms with E-state index in [9.17, 15) is 22.4 Å². The lowest BCUT2D eigenvalue weighted by atomic mass is 10.1. The molecule has 2 N–H and O–H groups in total. The molecule has 9 heteroatoms. The van der Waals surface area contributed by atoms with Gasteiger partial charge in [0.15, 0.2) is 0 Å². The van der Waals surface area contributed by atoms with Gasteiger partial charge in [0.2, 0.25) is 11.8 Å². The second kappa shape index (κ2) is 7.85. The van der Waals surface area contributed by atoms with Gasteiger partial charge in [-0.05, 0) is 48.4 Å². The lowest BCUT2D eigenvalue weighted by Crippen LogP contribution is -2.42. The maximum atomic E-state index is 12.9. The Balaban J connectivity index is 1.59. The summed E-state index contributed by atoms with van der Waals surface area (Å²) in [5.74, 6) is -0.986. The number of hydrogen-bond acceptors (Lipinski definition) is 4. The Morgan fingerprint density at radius 3 is 2.33 bits per heavy atom. The first kappa shape index (κ1) is 19.0. The number of carbonyl (C=O) groups is 2. The highest BCUT2D eigenvalue weighted by molar-refractivity contribution is 7.89. The van der Waals surface area contributed by atoms with E-state index in [1.54, 1.807) is 17.0 Å². The highest BCUT2D eigenvalue weighted by Gasteiger charge is 2.22. The van der Waals surface area contributed by atoms with E-state index in [0.29, 0.717) is 24.2 Å². The molecule has 3 rings (SSSR count). The fourth-order valence-corrected chi connectivity index (χ4v) is 3.60. The standard InChI is InChI=1S/C18H18FN3O4S/c19-14-5-3-13(4-6-14)12-17(23)20-21-27(25,26)16-9-7-15(8-10-16)22-11-1-2-18(22)24/h3-10,21H,1-2,11-12H2,(H,20,23). The van der Waals surface area contributed by atoms with E-state index in [1.165, 1.54) is 36.4 Å². The van der Waals surface area contributed by atoms with Crippen LogP contribution in [0.5, 0.6) is 0 Å². The van der Waals surface area contributed by atoms with Crippen molar-refractivity contribution in [3.05, 3.63) is 59.9 Å². The van der Waals surface area contributed by atoms with Crippen molar-refractivity contribution in [3.63, 3.8) is 0 Å². The number of nitrogens with one attached hydrogen (secondary N) is 2. The number of hydrogen-bond donors (Lipinski definition) is 2. The van der Waals surface area contributed by atoms with E-state index in [-0.39, 0.29) is 17.2 Å². The highest BCUT2D eigenvalue weighted by Crippen LogP contribution is 2.22. The summed E-state index contributed by atoms with van der Waals surface area (Å²) < 4.78 is 37.4. The van der Waals surface area contributed by atoms with Crippen LogP contribution >= 0.6 is 0 Å². The number of benzene rings is 2. The highest BCUT2D eigenvalue weighted by atomic mass is 32.2. The van der Waals surface area contributed by atoms with Crippen molar-refractivity contribution in [1.29, 1.82) is 0 Å². The third kappa shape index (κ3) is 4.69. The van der Waals surface area contributed by atoms with Crippen molar-refractivity contribution in [2.45, 2.75) is 24.2 Å². The molecule has 0 aromatic heterocycles. The van der Waals surface area contributed by atoms with Crippen LogP contribution in [0.1, 0.15) is 18.4 Å². The summed E-state index contributed by atoms with van der Waals surface area (Å²) in [7, 11) is -3.95. The molecule has 1 heterocycles. The van der Waals surface area contributed by atoms with Crippen molar-refractivity contribution < 1.29 is 22.4 Å². The number of sulfonamides is 1. The zero-order chi connectivity index (χ0) is 19.4. The van der Waals surface area contributed by atoms with Crippen LogP contribution in [0.3, 0.4) is 0 Å². The van der Waals surface area contributed by atoms with Crippen molar-refractivity contribution in [3.8, 4) is 0 Å². The predicted molar refractivity (Wildman–Crippen MR) is 96.6 cm³/mol. The molecule has 0 radical (unpaired) electrons. The van der Waals surface area contributed by atoms with Gasteiger partial charge < -0.3 is 4.90 Å². The largest absolute Gasteiger partial charge is 0.312 e. The van der Waals surface area contributed by atoms with E-state index in [1.807, 2.05) is 4.83 Å². The molecule has 0 atom stereocenters. The fraction of sp³-hybridized carbons (Fsp3) is 0.222. The van der Waals surface area contributed by atoms with Crippen LogP contribution < -0.4 is 15.2 Å². The monoisotopic (exact) mass is 391 g/mol. The molecule has 0 bridgehead atoms. The second-order valence-electron chi connectivity index (χ2n) is 6.10. The molecule has 1 fully saturated rings. The van der Waals surface area contributed by atoms with Gasteiger partial charge in [0.1, 0.15) is 5.82 Å². The smallest absolute Gasteiger partial charge is 0.257 e. The Labute approximate surface area is 156 Å². The number of nitrogens with zero attached hydrogens (tertiary/aromatic N) is 1. The molecule has 2 amide bonds. The molecule has 0 saturated carbocycles. The van der Waals surface area contributed by atoms with E-state index in [2.05, 4.69) is 5.43 Å². The quantitative estimate of drug-likeness (QED) is 0.730. The van der Waals surface area contributed by atoms with Gasteiger partial charge in [-0.3, -0.25) is 15.0 Å². The number of halogens is 1. The molecule has 1 aliphatic heterocycles. The Morgan fingerprint density at radius 2 is 1.74 bits per heavy atom. The number of carbonyl (C=O) groups excluding carboxylic acids is 2. The van der Waals surface area contributed by atoms with Gasteiger partial charge >= 0.3 is 0 Å². The molecule has 142 valence electrons. The Kier molecular flexibility index (Phi) is 5.52. The summed E-state index contributed by atoms with van der Waals surface area (Å²) in [6.45, 7) is 0.614. The average molecular weight is 391 g/mol. The summed E-state index contributed by atoms with van der Waals surface area (Å²) in [6, 6.07) is 11.2. The minimum Gasteiger partial charge on any atom is -0.312 e. The van der Waals surface area contributed by atoms with E-state index >= 15 is 0 Å². The first-order valence-corrected chi connectivity index (χ1v) is 9.79. The molecule has 0 spiro atoms. The summed E-state index contributed by atoms with van der Waals surface area (Å²) in [6.07, 6.45) is 1.17. The fourth-order valence-electron chi connectivity index (χ4n) is 2.74. The van der Waals surface area contributed by atoms with Crippen LogP contribution in [0.4, 0.5) is 10.1 Å². The lowest BCUT2D eigenvalue weighted by Gasteiger charge is -2.16. The molecule has 2 aromatic carbocycles. The summed E-state index contributed by atoms with van der Waals surface area (Å²) in [5, 5.41) is 0. The zero-order valence-corrected chi connectivity index (χ0v) is 15.1. The molecule has 2 aromatic rings. The first-order valence-electron chi connectivity index (χ1n) is 8.31. The number of rotatable bonds is 6. The Hall–Kier alpha value is -2.78. The minimum absolute atomic E-state index is 0.0109. The topological polar surface area (TPSA) is 95.6 Å². The lowest BCUT2D eigenvalue weighted by molar-refractivity contribution is -0.121. The molecule has 7 nitrogen and oxygen atoms in total. The van der Waals surface area contributed by atoms with Crippen molar-refractivity contribution >= 4 is 27.5 Å². The van der Waals surface area contributed by atoms with Gasteiger partial charge in [0.25, 0.3) is 10.0 Å². The average Bonchev–Trinajstić information content (AvgIpc) is 3.08. The van der Waals surface area contributed by atoms with Crippen molar-refractivity contribution in [2.24, 2.45) is 0 Å². The third-order valence-electron chi connectivity index (χ3n) is 4.13. The zero-order valence-electron chi connectivity index (χ0n) is 14.3. The normalized spacial score (nSPS) is 14.4. The maximum absolute atomic E-state index is 12.9. The minimum atomic E-state index is -3.95. The summed E-state index contributed by atoms with van der Waals surface area (Å²) in [4.78, 5) is 27.2. The van der Waals surface area contributed by atoms with Gasteiger partial charge in [0.05, 0.1) is 11.3 Å². The molecule has 0 unspecified atom stereocenters. The molecule has 0 aliphatic carbocycles. The molecular formula is C18H18FN3O4S. The van der Waals surface area contributed by atoms with E-state index < -0.39 is 21.7 Å². The van der Waals surface area contributed by atoms with Crippen LogP contribution in [0, 0.1) is 5.82 Å². The Bertz CT molecular complexity index is 944. The predicted octanol–water partition coefficient (Wildman–Crippen LogP) is 1.50. The van der Waals surface area contributed by atoms with Gasteiger partial charge in [-0.1, -0.05) is 12.1 Å². The Morgan fingerprint density at radius 1 is 1.07 bits per heavy atom. The van der Waals surface area contributed by atoms with Gasteiger partial charge in [-0.25, -0.2) is 12.8 Å². The van der Waals surface area contributed by atoms with Crippen LogP contribution in [-0.4, -0.2) is 26.8 Å². The molecule has 1 aliphatic rings. The summed E-state index contributed by atoms with van der Waals surface area (Å²) >= 11 is 0. The summed E-state index contributed by atoms with van der Waals surface area (Å²) in [5.41, 5.74) is 3.31. The molecule has 27 heavy (non-hydrogen) atoms. The SMILES string of the molecule is O=C(Cc1ccc(F)cc1)NNS(=O)(=O)c1ccc(N2CCCC2=O)cc1. The van der Waals surface area contributed by atoms with Gasteiger partial charge in [-0.15, -0.1) is 4.83 Å². The van der Waals surface area contributed by atoms with Crippen LogP contribution in [0.15, 0.2) is 53.4 Å². The number of hydrazine groups is 1. The van der Waals surface area contributed by atoms with E-state index in [4.69, 9.17) is 0 Å². The van der Waals surface area contributed by atoms with Crippen LogP contribution in [0.25, 0.3) is 0 Å². The third-order valence-corrected chi connectivity index (χ3v) is 5.40. The molecule has 1 saturated heterocycles. The maximum Gasteiger partial charge on any atom is 0.257 e. The number of amides is 2. The van der Waals surface area contributed by atoms with Gasteiger partial charge in [-0.2, -0.15) is 0 Å². The van der Waals surface area contributed by atoms with Crippen molar-refractivity contribution in [1.82, 2.24) is 10.3 Å². The van der Waals surface area contributed by atoms with E-state index in [0.717, 1.165) is 6.42 Å². The van der Waals surface area contributed by atoms with Crippen LogP contribution in [0.2, 0.25) is 0 Å². The number of anilines is 1.